The number of carboxylic acid groups (broad SMARTS) is 1. The Hall–Kier alpha value is -1.18. The van der Waals surface area contributed by atoms with Gasteiger partial charge in [-0.15, -0.1) is 0 Å². The Bertz CT molecular complexity index is 476. The quantitative estimate of drug-likeness (QED) is 0.805. The zero-order valence-corrected chi connectivity index (χ0v) is 12.1. The van der Waals surface area contributed by atoms with E-state index in [1.807, 2.05) is 22.6 Å². The van der Waals surface area contributed by atoms with E-state index in [0.717, 1.165) is 0 Å². The van der Waals surface area contributed by atoms with Crippen LogP contribution in [-0.4, -0.2) is 23.0 Å². The highest BCUT2D eigenvalue weighted by Gasteiger charge is 2.24. The minimum Gasteiger partial charge on any atom is -0.480 e. The average molecular weight is 365 g/mol. The Balaban J connectivity index is 2.91. The Morgan fingerprint density at radius 3 is 2.44 bits per heavy atom. The molecule has 4 nitrogen and oxygen atoms in total. The third kappa shape index (κ3) is 3.66. The molecular formula is C12H13FINO3. The molecule has 0 spiro atoms. The first-order valence-electron chi connectivity index (χ1n) is 5.31. The van der Waals surface area contributed by atoms with Crippen LogP contribution in [-0.2, 0) is 4.79 Å². The van der Waals surface area contributed by atoms with Crippen LogP contribution in [0, 0.1) is 15.3 Å². The number of rotatable bonds is 4. The molecule has 0 saturated carbocycles. The normalized spacial score (nSPS) is 12.3. The topological polar surface area (TPSA) is 66.4 Å². The van der Waals surface area contributed by atoms with Gasteiger partial charge in [0, 0.05) is 3.57 Å². The van der Waals surface area contributed by atoms with Crippen LogP contribution < -0.4 is 5.32 Å². The Morgan fingerprint density at radius 1 is 1.39 bits per heavy atom. The van der Waals surface area contributed by atoms with E-state index in [0.29, 0.717) is 3.57 Å². The van der Waals surface area contributed by atoms with Gasteiger partial charge in [-0.1, -0.05) is 13.8 Å². The van der Waals surface area contributed by atoms with E-state index in [9.17, 15) is 14.0 Å². The second kappa shape index (κ2) is 6.12. The fourth-order valence-electron chi connectivity index (χ4n) is 1.41. The highest BCUT2D eigenvalue weighted by atomic mass is 127. The molecule has 0 bridgehead atoms. The smallest absolute Gasteiger partial charge is 0.326 e. The largest absolute Gasteiger partial charge is 0.480 e. The van der Waals surface area contributed by atoms with Crippen LogP contribution in [0.2, 0.25) is 0 Å². The van der Waals surface area contributed by atoms with Gasteiger partial charge in [-0.2, -0.15) is 0 Å². The lowest BCUT2D eigenvalue weighted by molar-refractivity contribution is -0.140. The van der Waals surface area contributed by atoms with Gasteiger partial charge in [0.2, 0.25) is 0 Å². The lowest BCUT2D eigenvalue weighted by atomic mass is 10.0. The summed E-state index contributed by atoms with van der Waals surface area (Å²) in [5.74, 6) is -2.27. The predicted octanol–water partition coefficient (Wildman–Crippen LogP) is 2.27. The maximum Gasteiger partial charge on any atom is 0.326 e. The van der Waals surface area contributed by atoms with Crippen molar-refractivity contribution in [2.75, 3.05) is 0 Å². The van der Waals surface area contributed by atoms with Crippen molar-refractivity contribution in [3.05, 3.63) is 33.1 Å². The zero-order valence-electron chi connectivity index (χ0n) is 9.91. The summed E-state index contributed by atoms with van der Waals surface area (Å²) in [6.45, 7) is 3.41. The van der Waals surface area contributed by atoms with E-state index >= 15 is 0 Å². The van der Waals surface area contributed by atoms with Crippen molar-refractivity contribution in [1.82, 2.24) is 5.32 Å². The van der Waals surface area contributed by atoms with Crippen molar-refractivity contribution in [3.63, 3.8) is 0 Å². The highest BCUT2D eigenvalue weighted by molar-refractivity contribution is 14.1. The maximum absolute atomic E-state index is 12.9. The van der Waals surface area contributed by atoms with Crippen LogP contribution >= 0.6 is 22.6 Å². The number of halogens is 2. The first-order valence-corrected chi connectivity index (χ1v) is 6.39. The second-order valence-corrected chi connectivity index (χ2v) is 5.32. The standard InChI is InChI=1S/C12H13FINO3/c1-6(2)10(12(17)18)15-11(16)8-4-3-7(13)5-9(8)14/h3-6,10H,1-2H3,(H,15,16)(H,17,18)/t10-/m0/s1. The molecule has 0 fully saturated rings. The van der Waals surface area contributed by atoms with Crippen LogP contribution in [0.3, 0.4) is 0 Å². The Labute approximate surface area is 118 Å². The number of nitrogens with one attached hydrogen (secondary N) is 1. The van der Waals surface area contributed by atoms with Crippen LogP contribution in [0.5, 0.6) is 0 Å². The van der Waals surface area contributed by atoms with Crippen LogP contribution in [0.25, 0.3) is 0 Å². The molecule has 0 aliphatic carbocycles. The van der Waals surface area contributed by atoms with E-state index < -0.39 is 23.7 Å². The van der Waals surface area contributed by atoms with Crippen LogP contribution in [0.1, 0.15) is 24.2 Å². The molecule has 98 valence electrons. The van der Waals surface area contributed by atoms with Gasteiger partial charge < -0.3 is 10.4 Å². The van der Waals surface area contributed by atoms with Crippen molar-refractivity contribution >= 4 is 34.5 Å². The van der Waals surface area contributed by atoms with Gasteiger partial charge in [0.25, 0.3) is 5.91 Å². The lowest BCUT2D eigenvalue weighted by Crippen LogP contribution is -2.44. The summed E-state index contributed by atoms with van der Waals surface area (Å²) in [4.78, 5) is 22.9. The summed E-state index contributed by atoms with van der Waals surface area (Å²) in [5.41, 5.74) is 0.268. The summed E-state index contributed by atoms with van der Waals surface area (Å²) in [6, 6.07) is 2.77. The van der Waals surface area contributed by atoms with Gasteiger partial charge >= 0.3 is 5.97 Å². The molecular weight excluding hydrogens is 352 g/mol. The fraction of sp³-hybridized carbons (Fsp3) is 0.333. The molecule has 0 radical (unpaired) electrons. The molecule has 0 aromatic heterocycles. The van der Waals surface area contributed by atoms with E-state index in [-0.39, 0.29) is 11.5 Å². The van der Waals surface area contributed by atoms with Crippen molar-refractivity contribution in [1.29, 1.82) is 0 Å². The second-order valence-electron chi connectivity index (χ2n) is 4.16. The Kier molecular flexibility index (Phi) is 5.06. The maximum atomic E-state index is 12.9. The molecule has 1 aromatic rings. The Morgan fingerprint density at radius 2 is 2.00 bits per heavy atom. The molecule has 2 N–H and O–H groups in total. The van der Waals surface area contributed by atoms with Crippen molar-refractivity contribution in [2.24, 2.45) is 5.92 Å². The molecule has 1 aromatic carbocycles. The summed E-state index contributed by atoms with van der Waals surface area (Å²) in [7, 11) is 0. The minimum absolute atomic E-state index is 0.232. The van der Waals surface area contributed by atoms with Gasteiger partial charge in [0.1, 0.15) is 11.9 Å². The van der Waals surface area contributed by atoms with Gasteiger partial charge in [-0.25, -0.2) is 9.18 Å². The molecule has 0 saturated heterocycles. The van der Waals surface area contributed by atoms with Crippen LogP contribution in [0.15, 0.2) is 18.2 Å². The van der Waals surface area contributed by atoms with Crippen molar-refractivity contribution < 1.29 is 19.1 Å². The molecule has 1 amide bonds. The number of carbonyl (C=O) groups excluding carboxylic acids is 1. The number of amides is 1. The molecule has 1 atom stereocenters. The van der Waals surface area contributed by atoms with Gasteiger partial charge in [0.15, 0.2) is 0 Å². The summed E-state index contributed by atoms with van der Waals surface area (Å²) < 4.78 is 13.3. The molecule has 0 heterocycles. The fourth-order valence-corrected chi connectivity index (χ4v) is 2.13. The van der Waals surface area contributed by atoms with Gasteiger partial charge in [-0.05, 0) is 46.7 Å². The molecule has 18 heavy (non-hydrogen) atoms. The number of aliphatic carboxylic acids is 1. The predicted molar refractivity (Wildman–Crippen MR) is 72.8 cm³/mol. The van der Waals surface area contributed by atoms with Gasteiger partial charge in [0.05, 0.1) is 5.56 Å². The molecule has 1 rings (SSSR count). The number of benzene rings is 1. The van der Waals surface area contributed by atoms with Crippen molar-refractivity contribution in [2.45, 2.75) is 19.9 Å². The number of hydrogen-bond donors (Lipinski definition) is 2. The number of carboxylic acids is 1. The third-order valence-electron chi connectivity index (χ3n) is 2.40. The highest BCUT2D eigenvalue weighted by Crippen LogP contribution is 2.14. The molecule has 0 aliphatic heterocycles. The van der Waals surface area contributed by atoms with E-state index in [1.165, 1.54) is 18.2 Å². The van der Waals surface area contributed by atoms with Crippen LogP contribution in [0.4, 0.5) is 4.39 Å². The number of carbonyl (C=O) groups is 2. The monoisotopic (exact) mass is 365 g/mol. The molecule has 0 unspecified atom stereocenters. The summed E-state index contributed by atoms with van der Waals surface area (Å²) in [6.07, 6.45) is 0. The van der Waals surface area contributed by atoms with E-state index in [2.05, 4.69) is 5.32 Å². The average Bonchev–Trinajstić information content (AvgIpc) is 2.24. The van der Waals surface area contributed by atoms with Crippen molar-refractivity contribution in [3.8, 4) is 0 Å². The SMILES string of the molecule is CC(C)[C@H](NC(=O)c1ccc(F)cc1I)C(=O)O. The first-order chi connectivity index (χ1) is 8.32. The first kappa shape index (κ1) is 14.9. The van der Waals surface area contributed by atoms with Gasteiger partial charge in [-0.3, -0.25) is 4.79 Å². The van der Waals surface area contributed by atoms with E-state index in [1.54, 1.807) is 13.8 Å². The zero-order chi connectivity index (χ0) is 13.9. The number of hydrogen-bond acceptors (Lipinski definition) is 2. The minimum atomic E-state index is -1.09. The molecule has 0 aliphatic rings. The summed E-state index contributed by atoms with van der Waals surface area (Å²) in [5, 5.41) is 11.4. The third-order valence-corrected chi connectivity index (χ3v) is 3.29. The summed E-state index contributed by atoms with van der Waals surface area (Å²) >= 11 is 1.83. The molecule has 6 heteroatoms. The lowest BCUT2D eigenvalue weighted by Gasteiger charge is -2.18. The van der Waals surface area contributed by atoms with E-state index in [4.69, 9.17) is 5.11 Å².